The van der Waals surface area contributed by atoms with Gasteiger partial charge >= 0.3 is 0 Å². The molecule has 0 spiro atoms. The van der Waals surface area contributed by atoms with Gasteiger partial charge in [0.25, 0.3) is 0 Å². The summed E-state index contributed by atoms with van der Waals surface area (Å²) < 4.78 is 5.71. The van der Waals surface area contributed by atoms with Gasteiger partial charge in [-0.05, 0) is 50.1 Å². The number of nitrogens with one attached hydrogen (secondary N) is 1. The van der Waals surface area contributed by atoms with E-state index in [0.29, 0.717) is 0 Å². The fourth-order valence-electron chi connectivity index (χ4n) is 2.02. The van der Waals surface area contributed by atoms with Gasteiger partial charge in [0.2, 0.25) is 0 Å². The van der Waals surface area contributed by atoms with Gasteiger partial charge in [0.15, 0.2) is 0 Å². The highest BCUT2D eigenvalue weighted by Gasteiger charge is 2.05. The summed E-state index contributed by atoms with van der Waals surface area (Å²) in [4.78, 5) is 4.15. The molecule has 1 aromatic heterocycles. The molecule has 1 aromatic carbocycles. The number of benzene rings is 1. The summed E-state index contributed by atoms with van der Waals surface area (Å²) in [6.07, 6.45) is 3.89. The van der Waals surface area contributed by atoms with Crippen molar-refractivity contribution in [3.63, 3.8) is 0 Å². The Hall–Kier alpha value is -1.87. The summed E-state index contributed by atoms with van der Waals surface area (Å²) in [6, 6.07) is 12.5. The van der Waals surface area contributed by atoms with Gasteiger partial charge in [-0.2, -0.15) is 0 Å². The number of ether oxygens (including phenoxy) is 1. The van der Waals surface area contributed by atoms with E-state index in [1.807, 2.05) is 38.2 Å². The van der Waals surface area contributed by atoms with Crippen molar-refractivity contribution < 1.29 is 4.74 Å². The van der Waals surface area contributed by atoms with Crippen molar-refractivity contribution in [2.24, 2.45) is 0 Å². The monoisotopic (exact) mass is 270 g/mol. The highest BCUT2D eigenvalue weighted by atomic mass is 16.5. The maximum atomic E-state index is 5.71. The van der Waals surface area contributed by atoms with E-state index in [2.05, 4.69) is 35.4 Å². The Morgan fingerprint density at radius 2 is 2.00 bits per heavy atom. The van der Waals surface area contributed by atoms with Crippen LogP contribution in [0.4, 0.5) is 0 Å². The summed E-state index contributed by atoms with van der Waals surface area (Å²) in [5, 5.41) is 3.50. The molecule has 0 aliphatic heterocycles. The average Bonchev–Trinajstić information content (AvgIpc) is 2.45. The molecule has 0 saturated carbocycles. The first-order chi connectivity index (χ1) is 9.65. The summed E-state index contributed by atoms with van der Waals surface area (Å²) in [5.41, 5.74) is 2.42. The number of nitrogens with zero attached hydrogens (tertiary/aromatic N) is 1. The van der Waals surface area contributed by atoms with Gasteiger partial charge in [0.05, 0.1) is 6.10 Å². The van der Waals surface area contributed by atoms with Gasteiger partial charge in [0.1, 0.15) is 5.75 Å². The van der Waals surface area contributed by atoms with Crippen molar-refractivity contribution in [2.45, 2.75) is 39.5 Å². The molecular formula is C17H22N2O. The fraction of sp³-hybridized carbons (Fsp3) is 0.353. The zero-order valence-corrected chi connectivity index (χ0v) is 12.3. The summed E-state index contributed by atoms with van der Waals surface area (Å²) in [7, 11) is 0. The van der Waals surface area contributed by atoms with Crippen LogP contribution in [-0.2, 0) is 6.54 Å². The second kappa shape index (κ2) is 7.06. The van der Waals surface area contributed by atoms with Crippen LogP contribution in [0.3, 0.4) is 0 Å². The lowest BCUT2D eigenvalue weighted by molar-refractivity contribution is 0.242. The SMILES string of the molecule is CC(C)Oc1cccc(CNC(C)c2cccnc2)c1. The van der Waals surface area contributed by atoms with Crippen molar-refractivity contribution >= 4 is 0 Å². The highest BCUT2D eigenvalue weighted by molar-refractivity contribution is 5.28. The summed E-state index contributed by atoms with van der Waals surface area (Å²) in [5.74, 6) is 0.924. The van der Waals surface area contributed by atoms with E-state index >= 15 is 0 Å². The second-order valence-electron chi connectivity index (χ2n) is 5.20. The van der Waals surface area contributed by atoms with E-state index in [1.54, 1.807) is 6.20 Å². The minimum atomic E-state index is 0.201. The molecule has 0 aliphatic rings. The number of hydrogen-bond donors (Lipinski definition) is 1. The van der Waals surface area contributed by atoms with Gasteiger partial charge < -0.3 is 10.1 Å². The van der Waals surface area contributed by atoms with Crippen LogP contribution in [0.2, 0.25) is 0 Å². The van der Waals surface area contributed by atoms with E-state index in [1.165, 1.54) is 11.1 Å². The first-order valence-corrected chi connectivity index (χ1v) is 7.04. The molecule has 2 rings (SSSR count). The van der Waals surface area contributed by atoms with Crippen LogP contribution in [0.1, 0.15) is 37.9 Å². The minimum absolute atomic E-state index is 0.201. The van der Waals surface area contributed by atoms with E-state index in [4.69, 9.17) is 4.74 Å². The standard InChI is InChI=1S/C17H22N2O/c1-13(2)20-17-8-4-6-15(10-17)11-19-14(3)16-7-5-9-18-12-16/h4-10,12-14,19H,11H2,1-3H3. The van der Waals surface area contributed by atoms with Crippen LogP contribution in [0.5, 0.6) is 5.75 Å². The first kappa shape index (κ1) is 14.5. The van der Waals surface area contributed by atoms with Crippen LogP contribution in [0, 0.1) is 0 Å². The van der Waals surface area contributed by atoms with E-state index in [-0.39, 0.29) is 12.1 Å². The molecule has 2 aromatic rings. The van der Waals surface area contributed by atoms with Crippen LogP contribution < -0.4 is 10.1 Å². The molecule has 1 atom stereocenters. The molecule has 0 bridgehead atoms. The van der Waals surface area contributed by atoms with Crippen molar-refractivity contribution in [3.8, 4) is 5.75 Å². The van der Waals surface area contributed by atoms with Gasteiger partial charge in [0, 0.05) is 25.0 Å². The topological polar surface area (TPSA) is 34.1 Å². The van der Waals surface area contributed by atoms with Gasteiger partial charge in [-0.15, -0.1) is 0 Å². The van der Waals surface area contributed by atoms with E-state index < -0.39 is 0 Å². The maximum absolute atomic E-state index is 5.71. The summed E-state index contributed by atoms with van der Waals surface area (Å²) in [6.45, 7) is 7.03. The predicted molar refractivity (Wildman–Crippen MR) is 81.7 cm³/mol. The Balaban J connectivity index is 1.94. The molecule has 1 heterocycles. The maximum Gasteiger partial charge on any atom is 0.120 e. The minimum Gasteiger partial charge on any atom is -0.491 e. The highest BCUT2D eigenvalue weighted by Crippen LogP contribution is 2.16. The molecule has 3 heteroatoms. The Labute approximate surface area is 121 Å². The molecular weight excluding hydrogens is 248 g/mol. The third-order valence-electron chi connectivity index (χ3n) is 3.07. The normalized spacial score (nSPS) is 12.4. The van der Waals surface area contributed by atoms with Crippen molar-refractivity contribution in [1.82, 2.24) is 10.3 Å². The summed E-state index contributed by atoms with van der Waals surface area (Å²) >= 11 is 0. The molecule has 1 N–H and O–H groups in total. The zero-order chi connectivity index (χ0) is 14.4. The Bertz CT molecular complexity index is 526. The molecule has 3 nitrogen and oxygen atoms in total. The van der Waals surface area contributed by atoms with Crippen LogP contribution >= 0.6 is 0 Å². The Morgan fingerprint density at radius 3 is 2.70 bits per heavy atom. The molecule has 106 valence electrons. The number of rotatable bonds is 6. The predicted octanol–water partition coefficient (Wildman–Crippen LogP) is 3.72. The van der Waals surface area contributed by atoms with Crippen LogP contribution in [0.15, 0.2) is 48.8 Å². The third kappa shape index (κ3) is 4.35. The number of hydrogen-bond acceptors (Lipinski definition) is 3. The molecule has 0 saturated heterocycles. The zero-order valence-electron chi connectivity index (χ0n) is 12.3. The quantitative estimate of drug-likeness (QED) is 0.868. The van der Waals surface area contributed by atoms with E-state index in [9.17, 15) is 0 Å². The van der Waals surface area contributed by atoms with Crippen molar-refractivity contribution in [1.29, 1.82) is 0 Å². The Kier molecular flexibility index (Phi) is 5.13. The molecule has 1 unspecified atom stereocenters. The fourth-order valence-corrected chi connectivity index (χ4v) is 2.02. The number of aromatic nitrogens is 1. The van der Waals surface area contributed by atoms with Gasteiger partial charge in [-0.25, -0.2) is 0 Å². The third-order valence-corrected chi connectivity index (χ3v) is 3.07. The van der Waals surface area contributed by atoms with Gasteiger partial charge in [-0.3, -0.25) is 4.98 Å². The lowest BCUT2D eigenvalue weighted by Gasteiger charge is -2.15. The van der Waals surface area contributed by atoms with Crippen LogP contribution in [-0.4, -0.2) is 11.1 Å². The van der Waals surface area contributed by atoms with Crippen molar-refractivity contribution in [3.05, 3.63) is 59.9 Å². The van der Waals surface area contributed by atoms with E-state index in [0.717, 1.165) is 12.3 Å². The lowest BCUT2D eigenvalue weighted by atomic mass is 10.1. The second-order valence-corrected chi connectivity index (χ2v) is 5.20. The average molecular weight is 270 g/mol. The lowest BCUT2D eigenvalue weighted by Crippen LogP contribution is -2.18. The molecule has 0 fully saturated rings. The molecule has 0 amide bonds. The molecule has 0 aliphatic carbocycles. The largest absolute Gasteiger partial charge is 0.491 e. The van der Waals surface area contributed by atoms with Gasteiger partial charge in [-0.1, -0.05) is 18.2 Å². The van der Waals surface area contributed by atoms with Crippen LogP contribution in [0.25, 0.3) is 0 Å². The molecule has 0 radical (unpaired) electrons. The smallest absolute Gasteiger partial charge is 0.120 e. The Morgan fingerprint density at radius 1 is 1.15 bits per heavy atom. The van der Waals surface area contributed by atoms with Crippen molar-refractivity contribution in [2.75, 3.05) is 0 Å². The molecule has 20 heavy (non-hydrogen) atoms. The first-order valence-electron chi connectivity index (χ1n) is 7.04. The number of pyridine rings is 1.